The molecule has 9 heteroatoms. The first-order chi connectivity index (χ1) is 13.5. The van der Waals surface area contributed by atoms with Crippen LogP contribution in [0.1, 0.15) is 40.5 Å². The van der Waals surface area contributed by atoms with Crippen LogP contribution in [0.3, 0.4) is 0 Å². The minimum Gasteiger partial charge on any atom is -0.444 e. The van der Waals surface area contributed by atoms with Crippen molar-refractivity contribution in [2.45, 2.75) is 64.8 Å². The largest absolute Gasteiger partial charge is 0.444 e. The zero-order chi connectivity index (χ0) is 21.6. The molecule has 7 nitrogen and oxygen atoms in total. The summed E-state index contributed by atoms with van der Waals surface area (Å²) in [6.07, 6.45) is 1.01. The van der Waals surface area contributed by atoms with Gasteiger partial charge in [-0.1, -0.05) is 0 Å². The number of nitrogens with zero attached hydrogens (tertiary/aromatic N) is 1. The topological polar surface area (TPSA) is 79.9 Å². The zero-order valence-corrected chi connectivity index (χ0v) is 17.2. The van der Waals surface area contributed by atoms with E-state index in [9.17, 15) is 18.4 Å². The predicted molar refractivity (Wildman–Crippen MR) is 105 cm³/mol. The fourth-order valence-electron chi connectivity index (χ4n) is 3.04. The normalized spacial score (nSPS) is 16.9. The van der Waals surface area contributed by atoms with Crippen molar-refractivity contribution < 1.29 is 27.8 Å². The molecular formula is C20H29F2N3O4. The minimum atomic E-state index is -2.89. The molecule has 1 fully saturated rings. The molecule has 1 unspecified atom stereocenters. The highest BCUT2D eigenvalue weighted by Gasteiger charge is 2.28. The summed E-state index contributed by atoms with van der Waals surface area (Å²) in [5.41, 5.74) is -0.0359. The van der Waals surface area contributed by atoms with Crippen molar-refractivity contribution in [2.75, 3.05) is 18.4 Å². The molecule has 0 spiro atoms. The molecular weight excluding hydrogens is 384 g/mol. The first-order valence-corrected chi connectivity index (χ1v) is 9.63. The Morgan fingerprint density at radius 3 is 2.24 bits per heavy atom. The molecule has 1 aliphatic rings. The van der Waals surface area contributed by atoms with Crippen molar-refractivity contribution in [3.63, 3.8) is 0 Å². The van der Waals surface area contributed by atoms with E-state index in [4.69, 9.17) is 4.74 Å². The number of piperidine rings is 1. The van der Waals surface area contributed by atoms with E-state index >= 15 is 0 Å². The molecule has 2 rings (SSSR count). The van der Waals surface area contributed by atoms with Crippen LogP contribution in [0, 0.1) is 0 Å². The summed E-state index contributed by atoms with van der Waals surface area (Å²) in [7, 11) is 0. The molecule has 0 aromatic heterocycles. The number of benzene rings is 1. The third-order valence-electron chi connectivity index (χ3n) is 4.52. The number of anilines is 1. The number of ether oxygens (including phenoxy) is 2. The maximum absolute atomic E-state index is 12.5. The maximum Gasteiger partial charge on any atom is 0.407 e. The van der Waals surface area contributed by atoms with Crippen LogP contribution in [0.25, 0.3) is 0 Å². The van der Waals surface area contributed by atoms with Crippen molar-refractivity contribution in [1.82, 2.24) is 10.2 Å². The van der Waals surface area contributed by atoms with E-state index in [0.29, 0.717) is 18.8 Å². The van der Waals surface area contributed by atoms with Gasteiger partial charge in [-0.05, 0) is 64.8 Å². The number of alkyl carbamates (subject to hydrolysis) is 1. The van der Waals surface area contributed by atoms with Gasteiger partial charge in [0.25, 0.3) is 0 Å². The van der Waals surface area contributed by atoms with Gasteiger partial charge in [-0.2, -0.15) is 8.78 Å². The van der Waals surface area contributed by atoms with Crippen molar-refractivity contribution >= 4 is 17.7 Å². The van der Waals surface area contributed by atoms with Crippen LogP contribution in [0.2, 0.25) is 0 Å². The SMILES string of the molecule is CC(C(=O)Nc1ccc(OC(F)F)cc1)N1CCC(NC(=O)OC(C)(C)C)CC1. The number of halogens is 2. The highest BCUT2D eigenvalue weighted by atomic mass is 19.3. The lowest BCUT2D eigenvalue weighted by Crippen LogP contribution is -2.51. The number of rotatable bonds is 6. The molecule has 2 amide bonds. The van der Waals surface area contributed by atoms with Gasteiger partial charge < -0.3 is 20.1 Å². The van der Waals surface area contributed by atoms with Crippen LogP contribution in [0.15, 0.2) is 24.3 Å². The average Bonchev–Trinajstić information content (AvgIpc) is 2.61. The molecule has 162 valence electrons. The molecule has 1 atom stereocenters. The lowest BCUT2D eigenvalue weighted by atomic mass is 10.0. The summed E-state index contributed by atoms with van der Waals surface area (Å²) in [6, 6.07) is 5.42. The Balaban J connectivity index is 1.78. The van der Waals surface area contributed by atoms with Gasteiger partial charge in [0.05, 0.1) is 6.04 Å². The summed E-state index contributed by atoms with van der Waals surface area (Å²) in [5, 5.41) is 5.64. The summed E-state index contributed by atoms with van der Waals surface area (Å²) < 4.78 is 33.9. The zero-order valence-electron chi connectivity index (χ0n) is 17.2. The second-order valence-corrected chi connectivity index (χ2v) is 8.02. The number of hydrogen-bond donors (Lipinski definition) is 2. The molecule has 1 heterocycles. The van der Waals surface area contributed by atoms with Crippen molar-refractivity contribution in [1.29, 1.82) is 0 Å². The van der Waals surface area contributed by atoms with E-state index in [1.165, 1.54) is 24.3 Å². The second-order valence-electron chi connectivity index (χ2n) is 8.02. The first-order valence-electron chi connectivity index (χ1n) is 9.63. The standard InChI is InChI=1S/C20H29F2N3O4/c1-13(17(26)23-14-5-7-16(8-6-14)28-18(21)22)25-11-9-15(10-12-25)24-19(27)29-20(2,3)4/h5-8,13,15,18H,9-12H2,1-4H3,(H,23,26)(H,24,27). The number of carbonyl (C=O) groups excluding carboxylic acids is 2. The van der Waals surface area contributed by atoms with E-state index < -0.39 is 18.3 Å². The molecule has 1 aliphatic heterocycles. The van der Waals surface area contributed by atoms with Crippen LogP contribution in [0.5, 0.6) is 5.75 Å². The Morgan fingerprint density at radius 2 is 1.72 bits per heavy atom. The van der Waals surface area contributed by atoms with Gasteiger partial charge in [-0.15, -0.1) is 0 Å². The molecule has 0 aliphatic carbocycles. The van der Waals surface area contributed by atoms with Crippen LogP contribution >= 0.6 is 0 Å². The summed E-state index contributed by atoms with van der Waals surface area (Å²) in [4.78, 5) is 26.4. The molecule has 0 bridgehead atoms. The van der Waals surface area contributed by atoms with Gasteiger partial charge in [0.1, 0.15) is 11.4 Å². The minimum absolute atomic E-state index is 0.0127. The Bertz CT molecular complexity index is 684. The van der Waals surface area contributed by atoms with Crippen LogP contribution in [-0.2, 0) is 9.53 Å². The van der Waals surface area contributed by atoms with Gasteiger partial charge >= 0.3 is 12.7 Å². The summed E-state index contributed by atoms with van der Waals surface area (Å²) in [6.45, 7) is 5.69. The van der Waals surface area contributed by atoms with Crippen LogP contribution in [0.4, 0.5) is 19.3 Å². The highest BCUT2D eigenvalue weighted by molar-refractivity contribution is 5.94. The molecule has 1 aromatic carbocycles. The van der Waals surface area contributed by atoms with Crippen LogP contribution in [-0.4, -0.2) is 54.3 Å². The third-order valence-corrected chi connectivity index (χ3v) is 4.52. The number of nitrogens with one attached hydrogen (secondary N) is 2. The fraction of sp³-hybridized carbons (Fsp3) is 0.600. The van der Waals surface area contributed by atoms with Crippen molar-refractivity contribution in [3.8, 4) is 5.75 Å². The number of likely N-dealkylation sites (tertiary alicyclic amines) is 1. The Hall–Kier alpha value is -2.42. The smallest absolute Gasteiger partial charge is 0.407 e. The fourth-order valence-corrected chi connectivity index (χ4v) is 3.04. The predicted octanol–water partition coefficient (Wildman–Crippen LogP) is 3.60. The van der Waals surface area contributed by atoms with Gasteiger partial charge in [-0.25, -0.2) is 4.79 Å². The van der Waals surface area contributed by atoms with Crippen molar-refractivity contribution in [3.05, 3.63) is 24.3 Å². The Morgan fingerprint density at radius 1 is 1.14 bits per heavy atom. The van der Waals surface area contributed by atoms with Crippen molar-refractivity contribution in [2.24, 2.45) is 0 Å². The number of hydrogen-bond acceptors (Lipinski definition) is 5. The number of alkyl halides is 2. The molecule has 1 saturated heterocycles. The third kappa shape index (κ3) is 7.84. The summed E-state index contributed by atoms with van der Waals surface area (Å²) >= 11 is 0. The number of carbonyl (C=O) groups is 2. The second kappa shape index (κ2) is 9.87. The molecule has 2 N–H and O–H groups in total. The molecule has 0 saturated carbocycles. The lowest BCUT2D eigenvalue weighted by Gasteiger charge is -2.35. The van der Waals surface area contributed by atoms with Crippen LogP contribution < -0.4 is 15.4 Å². The number of amides is 2. The molecule has 1 aromatic rings. The maximum atomic E-state index is 12.5. The molecule has 29 heavy (non-hydrogen) atoms. The first kappa shape index (κ1) is 22.9. The van der Waals surface area contributed by atoms with E-state index in [0.717, 1.165) is 12.8 Å². The van der Waals surface area contributed by atoms with Gasteiger partial charge in [0.2, 0.25) is 5.91 Å². The van der Waals surface area contributed by atoms with Gasteiger partial charge in [0.15, 0.2) is 0 Å². The molecule has 0 radical (unpaired) electrons. The van der Waals surface area contributed by atoms with E-state index in [1.807, 2.05) is 32.6 Å². The quantitative estimate of drug-likeness (QED) is 0.745. The average molecular weight is 413 g/mol. The van der Waals surface area contributed by atoms with Gasteiger partial charge in [0, 0.05) is 24.8 Å². The van der Waals surface area contributed by atoms with E-state index in [2.05, 4.69) is 15.4 Å². The Kier molecular flexibility index (Phi) is 7.78. The monoisotopic (exact) mass is 413 g/mol. The van der Waals surface area contributed by atoms with E-state index in [-0.39, 0.29) is 23.7 Å². The highest BCUT2D eigenvalue weighted by Crippen LogP contribution is 2.19. The van der Waals surface area contributed by atoms with E-state index in [1.54, 1.807) is 0 Å². The lowest BCUT2D eigenvalue weighted by molar-refractivity contribution is -0.121. The summed E-state index contributed by atoms with van der Waals surface area (Å²) in [5.74, 6) is -0.156. The Labute approximate surface area is 169 Å². The van der Waals surface area contributed by atoms with Gasteiger partial charge in [-0.3, -0.25) is 9.69 Å².